The number of ether oxygens (including phenoxy) is 3. The number of rotatable bonds is 5. The zero-order chi connectivity index (χ0) is 28.4. The van der Waals surface area contributed by atoms with Crippen LogP contribution in [0.5, 0.6) is 11.9 Å². The van der Waals surface area contributed by atoms with E-state index in [1.54, 1.807) is 24.9 Å². The number of hydrogen-bond acceptors (Lipinski definition) is 8. The highest BCUT2D eigenvalue weighted by atomic mass is 16.5. The van der Waals surface area contributed by atoms with Gasteiger partial charge >= 0.3 is 12.0 Å². The van der Waals surface area contributed by atoms with E-state index >= 15 is 0 Å². The van der Waals surface area contributed by atoms with Gasteiger partial charge in [-0.15, -0.1) is 0 Å². The third-order valence-corrected chi connectivity index (χ3v) is 7.95. The van der Waals surface area contributed by atoms with E-state index in [0.717, 1.165) is 25.0 Å². The molecule has 3 aliphatic rings. The van der Waals surface area contributed by atoms with Gasteiger partial charge in [0.2, 0.25) is 17.7 Å². The molecule has 0 saturated heterocycles. The second-order valence-corrected chi connectivity index (χ2v) is 11.9. The van der Waals surface area contributed by atoms with Crippen molar-refractivity contribution in [3.8, 4) is 11.9 Å². The molecule has 1 N–H and O–H groups in total. The molecule has 5 atom stereocenters. The van der Waals surface area contributed by atoms with Crippen molar-refractivity contribution in [2.24, 2.45) is 17.8 Å². The fourth-order valence-electron chi connectivity index (χ4n) is 5.55. The number of aromatic nitrogens is 2. The lowest BCUT2D eigenvalue weighted by molar-refractivity contribution is -0.150. The number of carbonyl (C=O) groups is 3. The van der Waals surface area contributed by atoms with Crippen LogP contribution in [0.25, 0.3) is 0 Å². The molecule has 2 heterocycles. The molecule has 2 amide bonds. The number of nitrogens with one attached hydrogen (secondary N) is 1. The van der Waals surface area contributed by atoms with Gasteiger partial charge in [-0.2, -0.15) is 9.97 Å². The van der Waals surface area contributed by atoms with Gasteiger partial charge in [0.25, 0.3) is 0 Å². The van der Waals surface area contributed by atoms with Crippen molar-refractivity contribution in [3.63, 3.8) is 0 Å². The average molecular weight is 543 g/mol. The van der Waals surface area contributed by atoms with Crippen LogP contribution in [0, 0.1) is 17.8 Å². The first kappa shape index (κ1) is 28.8. The summed E-state index contributed by atoms with van der Waals surface area (Å²) in [4.78, 5) is 50.8. The van der Waals surface area contributed by atoms with Gasteiger partial charge in [0.05, 0.1) is 31.2 Å². The Hall–Kier alpha value is -3.17. The summed E-state index contributed by atoms with van der Waals surface area (Å²) in [6.45, 7) is 8.72. The highest BCUT2D eigenvalue weighted by Crippen LogP contribution is 2.47. The molecular weight excluding hydrogens is 500 g/mol. The largest absolute Gasteiger partial charge is 0.474 e. The number of methoxy groups -OCH3 is 1. The van der Waals surface area contributed by atoms with Gasteiger partial charge in [-0.05, 0) is 45.4 Å². The average Bonchev–Trinajstić information content (AvgIpc) is 3.42. The Balaban J connectivity index is 1.60. The molecule has 1 aliphatic heterocycles. The topological polar surface area (TPSA) is 120 Å². The summed E-state index contributed by atoms with van der Waals surface area (Å²) in [7, 11) is 3.29. The van der Waals surface area contributed by atoms with Crippen LogP contribution in [0.1, 0.15) is 71.9 Å². The number of allylic oxidation sites excluding steroid dienone is 1. The molecule has 1 aromatic heterocycles. The van der Waals surface area contributed by atoms with Crippen molar-refractivity contribution >= 4 is 17.8 Å². The Kier molecular flexibility index (Phi) is 8.51. The van der Waals surface area contributed by atoms with E-state index in [9.17, 15) is 14.4 Å². The van der Waals surface area contributed by atoms with Gasteiger partial charge in [-0.25, -0.2) is 4.79 Å². The van der Waals surface area contributed by atoms with E-state index in [4.69, 9.17) is 14.2 Å². The molecular formula is C29H42N4O6. The number of esters is 1. The number of amides is 2. The van der Waals surface area contributed by atoms with E-state index < -0.39 is 29.4 Å². The maximum absolute atomic E-state index is 13.7. The fraction of sp³-hybridized carbons (Fsp3) is 0.690. The number of hydrogen-bond donors (Lipinski definition) is 1. The first-order valence-corrected chi connectivity index (χ1v) is 14.0. The van der Waals surface area contributed by atoms with Crippen LogP contribution in [0.4, 0.5) is 0 Å². The van der Waals surface area contributed by atoms with Gasteiger partial charge < -0.3 is 24.4 Å². The van der Waals surface area contributed by atoms with Crippen molar-refractivity contribution in [1.29, 1.82) is 0 Å². The SMILES string of the molecule is CCOC(=O)C12CC1/C=C/CCCCN(C)C(=O)C1CC(Oc3cc(C(C)(C)C)nc(OC)n3)CC1C(=O)N2. The molecule has 2 aliphatic carbocycles. The summed E-state index contributed by atoms with van der Waals surface area (Å²) in [5, 5.41) is 3.01. The molecule has 0 aromatic carbocycles. The summed E-state index contributed by atoms with van der Waals surface area (Å²) in [5.74, 6) is -1.80. The Labute approximate surface area is 230 Å². The van der Waals surface area contributed by atoms with E-state index in [2.05, 4.69) is 21.4 Å². The quantitative estimate of drug-likeness (QED) is 0.445. The smallest absolute Gasteiger partial charge is 0.332 e. The van der Waals surface area contributed by atoms with Crippen LogP contribution in [-0.2, 0) is 24.5 Å². The summed E-state index contributed by atoms with van der Waals surface area (Å²) >= 11 is 0. The van der Waals surface area contributed by atoms with Gasteiger partial charge in [-0.1, -0.05) is 32.9 Å². The summed E-state index contributed by atoms with van der Waals surface area (Å²) in [6.07, 6.45) is 7.51. The van der Waals surface area contributed by atoms with Gasteiger partial charge in [0.15, 0.2) is 0 Å². The number of carbonyl (C=O) groups excluding carboxylic acids is 3. The molecule has 10 nitrogen and oxygen atoms in total. The maximum atomic E-state index is 13.7. The van der Waals surface area contributed by atoms with E-state index in [1.807, 2.05) is 26.8 Å². The van der Waals surface area contributed by atoms with Gasteiger partial charge in [-0.3, -0.25) is 9.59 Å². The first-order valence-electron chi connectivity index (χ1n) is 14.0. The highest BCUT2D eigenvalue weighted by molar-refractivity contribution is 5.95. The number of nitrogens with zero attached hydrogens (tertiary/aromatic N) is 3. The van der Waals surface area contributed by atoms with Crippen LogP contribution in [-0.4, -0.2) is 71.6 Å². The zero-order valence-corrected chi connectivity index (χ0v) is 24.0. The molecule has 214 valence electrons. The summed E-state index contributed by atoms with van der Waals surface area (Å²) < 4.78 is 16.9. The minimum Gasteiger partial charge on any atom is -0.474 e. The van der Waals surface area contributed by atoms with E-state index in [-0.39, 0.29) is 35.8 Å². The van der Waals surface area contributed by atoms with E-state index in [1.165, 1.54) is 7.11 Å². The third kappa shape index (κ3) is 6.36. The van der Waals surface area contributed by atoms with Crippen molar-refractivity contribution in [2.75, 3.05) is 27.3 Å². The summed E-state index contributed by atoms with van der Waals surface area (Å²) in [5.41, 5.74) is -0.569. The minimum atomic E-state index is -1.08. The molecule has 2 saturated carbocycles. The van der Waals surface area contributed by atoms with Crippen LogP contribution in [0.15, 0.2) is 18.2 Å². The van der Waals surface area contributed by atoms with Gasteiger partial charge in [0, 0.05) is 31.0 Å². The first-order chi connectivity index (χ1) is 18.5. The molecule has 39 heavy (non-hydrogen) atoms. The molecule has 4 rings (SSSR count). The number of fused-ring (bicyclic) bond motifs is 2. The molecule has 10 heteroatoms. The molecule has 0 bridgehead atoms. The Morgan fingerprint density at radius 1 is 1.18 bits per heavy atom. The normalized spacial score (nSPS) is 30.4. The predicted molar refractivity (Wildman–Crippen MR) is 144 cm³/mol. The van der Waals surface area contributed by atoms with Crippen LogP contribution in [0.2, 0.25) is 0 Å². The fourth-order valence-corrected chi connectivity index (χ4v) is 5.55. The minimum absolute atomic E-state index is 0.0815. The third-order valence-electron chi connectivity index (χ3n) is 7.95. The van der Waals surface area contributed by atoms with Gasteiger partial charge in [0.1, 0.15) is 11.6 Å². The lowest BCUT2D eigenvalue weighted by Gasteiger charge is -2.26. The van der Waals surface area contributed by atoms with Crippen molar-refractivity contribution in [1.82, 2.24) is 20.2 Å². The van der Waals surface area contributed by atoms with Crippen molar-refractivity contribution in [2.45, 2.75) is 83.3 Å². The molecule has 0 radical (unpaired) electrons. The lowest BCUT2D eigenvalue weighted by Crippen LogP contribution is -2.50. The van der Waals surface area contributed by atoms with Crippen LogP contribution >= 0.6 is 0 Å². The van der Waals surface area contributed by atoms with Crippen LogP contribution < -0.4 is 14.8 Å². The Bertz CT molecular complexity index is 1120. The van der Waals surface area contributed by atoms with Crippen molar-refractivity contribution < 1.29 is 28.6 Å². The summed E-state index contributed by atoms with van der Waals surface area (Å²) in [6, 6.07) is 1.98. The second kappa shape index (κ2) is 11.5. The second-order valence-electron chi connectivity index (χ2n) is 11.9. The molecule has 1 aromatic rings. The Morgan fingerprint density at radius 2 is 1.92 bits per heavy atom. The Morgan fingerprint density at radius 3 is 2.62 bits per heavy atom. The zero-order valence-electron chi connectivity index (χ0n) is 24.0. The predicted octanol–water partition coefficient (Wildman–Crippen LogP) is 3.19. The van der Waals surface area contributed by atoms with E-state index in [0.29, 0.717) is 31.7 Å². The van der Waals surface area contributed by atoms with Crippen molar-refractivity contribution in [3.05, 3.63) is 23.9 Å². The lowest BCUT2D eigenvalue weighted by atomic mass is 9.92. The standard InChI is InChI=1S/C29H42N4O6/c1-7-38-26(36)29-17-18(29)12-10-8-9-11-13-33(5)25(35)21-15-19(14-20(21)24(34)32-29)39-23-16-22(28(2,3)4)30-27(31-23)37-6/h10,12,16,18-21H,7-9,11,13-15,17H2,1-6H3,(H,32,34)/b12-10+. The van der Waals surface area contributed by atoms with Crippen LogP contribution in [0.3, 0.4) is 0 Å². The molecule has 2 fully saturated rings. The monoisotopic (exact) mass is 542 g/mol. The highest BCUT2D eigenvalue weighted by Gasteiger charge is 2.62. The molecule has 0 spiro atoms. The molecule has 5 unspecified atom stereocenters. The maximum Gasteiger partial charge on any atom is 0.332 e.